The predicted molar refractivity (Wildman–Crippen MR) is 105 cm³/mol. The monoisotopic (exact) mass is 357 g/mol. The number of rotatable bonds is 7. The van der Waals surface area contributed by atoms with Crippen molar-refractivity contribution >= 4 is 24.3 Å². The number of benzene rings is 1. The standard InChI is InChI=1S/C22H19N3O2/c26-16-19(15-18-5-2-1-3-6-18)25-22(27)20-7-4-12-24-21(20)9-8-17-10-13-23-14-11-17/h1-14,16,19H,15H2,(H,25,27)/b9-8+/t19-/m0/s1. The molecule has 0 radical (unpaired) electrons. The zero-order chi connectivity index (χ0) is 18.9. The molecule has 3 aromatic rings. The highest BCUT2D eigenvalue weighted by atomic mass is 16.2. The fraction of sp³-hybridized carbons (Fsp3) is 0.0909. The van der Waals surface area contributed by atoms with Crippen LogP contribution in [-0.2, 0) is 11.2 Å². The normalized spacial score (nSPS) is 11.9. The average molecular weight is 357 g/mol. The van der Waals surface area contributed by atoms with Crippen molar-refractivity contribution in [2.45, 2.75) is 12.5 Å². The summed E-state index contributed by atoms with van der Waals surface area (Å²) in [6.07, 6.45) is 9.86. The Kier molecular flexibility index (Phi) is 6.20. The maximum absolute atomic E-state index is 12.7. The zero-order valence-corrected chi connectivity index (χ0v) is 14.7. The molecule has 1 aromatic carbocycles. The fourth-order valence-electron chi connectivity index (χ4n) is 2.64. The van der Waals surface area contributed by atoms with Gasteiger partial charge in [0.1, 0.15) is 6.29 Å². The minimum atomic E-state index is -0.600. The summed E-state index contributed by atoms with van der Waals surface area (Å²) in [6.45, 7) is 0. The van der Waals surface area contributed by atoms with Crippen LogP contribution in [0.2, 0.25) is 0 Å². The van der Waals surface area contributed by atoms with E-state index < -0.39 is 6.04 Å². The summed E-state index contributed by atoms with van der Waals surface area (Å²) in [5.41, 5.74) is 2.90. The van der Waals surface area contributed by atoms with Gasteiger partial charge in [0.25, 0.3) is 5.91 Å². The summed E-state index contributed by atoms with van der Waals surface area (Å²) < 4.78 is 0. The summed E-state index contributed by atoms with van der Waals surface area (Å²) in [4.78, 5) is 32.4. The molecule has 27 heavy (non-hydrogen) atoms. The first-order valence-corrected chi connectivity index (χ1v) is 8.59. The Morgan fingerprint density at radius 2 is 1.74 bits per heavy atom. The lowest BCUT2D eigenvalue weighted by Gasteiger charge is -2.13. The SMILES string of the molecule is O=C[C@H](Cc1ccccc1)NC(=O)c1cccnc1/C=C/c1ccncc1. The molecule has 0 aliphatic carbocycles. The van der Waals surface area contributed by atoms with Crippen LogP contribution < -0.4 is 5.32 Å². The molecule has 1 N–H and O–H groups in total. The number of hydrogen-bond acceptors (Lipinski definition) is 4. The van der Waals surface area contributed by atoms with E-state index in [-0.39, 0.29) is 5.91 Å². The van der Waals surface area contributed by atoms with Gasteiger partial charge < -0.3 is 10.1 Å². The van der Waals surface area contributed by atoms with Crippen molar-refractivity contribution in [3.8, 4) is 0 Å². The number of amides is 1. The second-order valence-corrected chi connectivity index (χ2v) is 5.96. The third-order valence-electron chi connectivity index (χ3n) is 4.00. The number of hydrogen-bond donors (Lipinski definition) is 1. The quantitative estimate of drug-likeness (QED) is 0.659. The van der Waals surface area contributed by atoms with Crippen LogP contribution in [0.25, 0.3) is 12.2 Å². The number of carbonyl (C=O) groups excluding carboxylic acids is 2. The molecule has 0 saturated heterocycles. The maximum Gasteiger partial charge on any atom is 0.254 e. The lowest BCUT2D eigenvalue weighted by atomic mass is 10.1. The molecule has 2 heterocycles. The summed E-state index contributed by atoms with van der Waals surface area (Å²) >= 11 is 0. The molecule has 5 nitrogen and oxygen atoms in total. The molecule has 0 bridgehead atoms. The Morgan fingerprint density at radius 3 is 2.48 bits per heavy atom. The summed E-state index contributed by atoms with van der Waals surface area (Å²) in [5.74, 6) is -0.328. The molecule has 0 spiro atoms. The predicted octanol–water partition coefficient (Wildman–Crippen LogP) is 3.19. The molecule has 0 aliphatic rings. The molecule has 1 amide bonds. The van der Waals surface area contributed by atoms with Gasteiger partial charge in [-0.15, -0.1) is 0 Å². The van der Waals surface area contributed by atoms with E-state index in [0.29, 0.717) is 17.7 Å². The Hall–Kier alpha value is -3.60. The van der Waals surface area contributed by atoms with Gasteiger partial charge >= 0.3 is 0 Å². The minimum absolute atomic E-state index is 0.328. The van der Waals surface area contributed by atoms with Gasteiger partial charge in [-0.1, -0.05) is 36.4 Å². The van der Waals surface area contributed by atoms with E-state index in [0.717, 1.165) is 17.4 Å². The Balaban J connectivity index is 1.74. The Morgan fingerprint density at radius 1 is 0.963 bits per heavy atom. The highest BCUT2D eigenvalue weighted by Gasteiger charge is 2.16. The van der Waals surface area contributed by atoms with Crippen molar-refractivity contribution < 1.29 is 9.59 Å². The van der Waals surface area contributed by atoms with Crippen LogP contribution in [0.1, 0.15) is 27.2 Å². The van der Waals surface area contributed by atoms with E-state index in [1.807, 2.05) is 48.5 Å². The summed E-state index contributed by atoms with van der Waals surface area (Å²) in [5, 5.41) is 2.78. The van der Waals surface area contributed by atoms with Gasteiger partial charge in [-0.25, -0.2) is 0 Å². The third-order valence-corrected chi connectivity index (χ3v) is 4.00. The van der Waals surface area contributed by atoms with E-state index in [1.165, 1.54) is 0 Å². The van der Waals surface area contributed by atoms with E-state index in [9.17, 15) is 9.59 Å². The first kappa shape index (κ1) is 18.2. The van der Waals surface area contributed by atoms with E-state index in [1.54, 1.807) is 36.8 Å². The lowest BCUT2D eigenvalue weighted by Crippen LogP contribution is -2.38. The molecule has 2 aromatic heterocycles. The van der Waals surface area contributed by atoms with Crippen molar-refractivity contribution in [3.63, 3.8) is 0 Å². The summed E-state index contributed by atoms with van der Waals surface area (Å²) in [7, 11) is 0. The molecular weight excluding hydrogens is 338 g/mol. The molecule has 134 valence electrons. The molecule has 0 unspecified atom stereocenters. The number of aromatic nitrogens is 2. The number of aldehydes is 1. The van der Waals surface area contributed by atoms with Crippen LogP contribution >= 0.6 is 0 Å². The third kappa shape index (κ3) is 5.19. The van der Waals surface area contributed by atoms with Crippen LogP contribution in [0.4, 0.5) is 0 Å². The Labute approximate surface area is 157 Å². The van der Waals surface area contributed by atoms with Crippen molar-refractivity contribution in [2.75, 3.05) is 0 Å². The van der Waals surface area contributed by atoms with Crippen LogP contribution in [0.15, 0.2) is 73.2 Å². The molecular formula is C22H19N3O2. The number of pyridine rings is 2. The summed E-state index contributed by atoms with van der Waals surface area (Å²) in [6, 6.07) is 16.1. The molecule has 0 fully saturated rings. The average Bonchev–Trinajstić information content (AvgIpc) is 2.73. The smallest absolute Gasteiger partial charge is 0.254 e. The van der Waals surface area contributed by atoms with Gasteiger partial charge in [0.15, 0.2) is 0 Å². The van der Waals surface area contributed by atoms with Crippen molar-refractivity contribution in [1.29, 1.82) is 0 Å². The highest BCUT2D eigenvalue weighted by Crippen LogP contribution is 2.11. The highest BCUT2D eigenvalue weighted by molar-refractivity contribution is 5.99. The van der Waals surface area contributed by atoms with Crippen LogP contribution in [0.3, 0.4) is 0 Å². The first-order valence-electron chi connectivity index (χ1n) is 8.59. The molecule has 1 atom stereocenters. The van der Waals surface area contributed by atoms with E-state index in [4.69, 9.17) is 0 Å². The molecule has 3 rings (SSSR count). The molecule has 0 aliphatic heterocycles. The topological polar surface area (TPSA) is 72.0 Å². The van der Waals surface area contributed by atoms with Gasteiger partial charge in [-0.2, -0.15) is 0 Å². The minimum Gasteiger partial charge on any atom is -0.342 e. The van der Waals surface area contributed by atoms with Gasteiger partial charge in [-0.05, 0) is 47.9 Å². The fourth-order valence-corrected chi connectivity index (χ4v) is 2.64. The van der Waals surface area contributed by atoms with Crippen molar-refractivity contribution in [1.82, 2.24) is 15.3 Å². The van der Waals surface area contributed by atoms with Gasteiger partial charge in [0.2, 0.25) is 0 Å². The van der Waals surface area contributed by atoms with Gasteiger partial charge in [-0.3, -0.25) is 14.8 Å². The van der Waals surface area contributed by atoms with Crippen molar-refractivity contribution in [2.24, 2.45) is 0 Å². The first-order chi connectivity index (χ1) is 13.3. The van der Waals surface area contributed by atoms with E-state index >= 15 is 0 Å². The largest absolute Gasteiger partial charge is 0.342 e. The maximum atomic E-state index is 12.7. The van der Waals surface area contributed by atoms with E-state index in [2.05, 4.69) is 15.3 Å². The lowest BCUT2D eigenvalue weighted by molar-refractivity contribution is -0.109. The number of nitrogens with one attached hydrogen (secondary N) is 1. The van der Waals surface area contributed by atoms with Crippen LogP contribution in [-0.4, -0.2) is 28.2 Å². The zero-order valence-electron chi connectivity index (χ0n) is 14.7. The van der Waals surface area contributed by atoms with Gasteiger partial charge in [0.05, 0.1) is 17.3 Å². The van der Waals surface area contributed by atoms with Crippen LogP contribution in [0, 0.1) is 0 Å². The second-order valence-electron chi connectivity index (χ2n) is 5.96. The second kappa shape index (κ2) is 9.20. The van der Waals surface area contributed by atoms with Gasteiger partial charge in [0, 0.05) is 18.6 Å². The molecule has 0 saturated carbocycles. The number of nitrogens with zero attached hydrogens (tertiary/aromatic N) is 2. The number of carbonyl (C=O) groups is 2. The van der Waals surface area contributed by atoms with Crippen LogP contribution in [0.5, 0.6) is 0 Å². The van der Waals surface area contributed by atoms with Crippen molar-refractivity contribution in [3.05, 3.63) is 95.6 Å². The Bertz CT molecular complexity index is 925. The molecule has 5 heteroatoms.